The van der Waals surface area contributed by atoms with Crippen molar-refractivity contribution in [1.82, 2.24) is 4.98 Å². The average Bonchev–Trinajstić information content (AvgIpc) is 3.27. The number of aliphatic carboxylic acids is 1. The highest BCUT2D eigenvalue weighted by Gasteiger charge is 2.30. The number of carbonyl (C=O) groups is 1. The maximum absolute atomic E-state index is 12.9. The topological polar surface area (TPSA) is 81.0 Å². The third-order valence-corrected chi connectivity index (χ3v) is 6.98. The number of benzene rings is 3. The number of rotatable bonds is 10. The van der Waals surface area contributed by atoms with Gasteiger partial charge in [-0.15, -0.1) is 11.3 Å². The largest absolute Gasteiger partial charge is 0.482 e. The van der Waals surface area contributed by atoms with E-state index < -0.39 is 24.3 Å². The van der Waals surface area contributed by atoms with E-state index >= 15 is 0 Å². The standard InChI is InChI=1S/C29H25F3N2O4S/c1-18-14-22(10-13-25(18)37-17-27(35)36)24(15-20-6-4-3-5-7-20)34-38-16-26-19(2)33-28(39-26)21-8-11-23(12-9-21)29(30,31)32/h3-14H,15-17H2,1-2H3,(H,35,36)/b34-24+. The molecule has 0 unspecified atom stereocenters. The highest BCUT2D eigenvalue weighted by atomic mass is 32.1. The fourth-order valence-electron chi connectivity index (χ4n) is 3.76. The van der Waals surface area contributed by atoms with Gasteiger partial charge in [0.1, 0.15) is 10.8 Å². The molecule has 0 amide bonds. The van der Waals surface area contributed by atoms with Crippen LogP contribution in [0.15, 0.2) is 78.0 Å². The number of aryl methyl sites for hydroxylation is 2. The molecule has 1 aromatic heterocycles. The van der Waals surface area contributed by atoms with Gasteiger partial charge in [-0.25, -0.2) is 9.78 Å². The number of ether oxygens (including phenoxy) is 1. The first-order valence-electron chi connectivity index (χ1n) is 11.9. The number of nitrogens with zero attached hydrogens (tertiary/aromatic N) is 2. The van der Waals surface area contributed by atoms with Crippen LogP contribution in [0, 0.1) is 13.8 Å². The molecule has 0 saturated carbocycles. The second kappa shape index (κ2) is 12.1. The zero-order chi connectivity index (χ0) is 28.0. The zero-order valence-corrected chi connectivity index (χ0v) is 22.0. The molecule has 0 fully saturated rings. The van der Waals surface area contributed by atoms with Crippen molar-refractivity contribution in [1.29, 1.82) is 0 Å². The molecule has 0 saturated heterocycles. The quantitative estimate of drug-likeness (QED) is 0.167. The van der Waals surface area contributed by atoms with Gasteiger partial charge in [-0.2, -0.15) is 13.2 Å². The summed E-state index contributed by atoms with van der Waals surface area (Å²) >= 11 is 1.34. The lowest BCUT2D eigenvalue weighted by Crippen LogP contribution is -2.11. The predicted molar refractivity (Wildman–Crippen MR) is 143 cm³/mol. The second-order valence-electron chi connectivity index (χ2n) is 8.74. The molecule has 202 valence electrons. The van der Waals surface area contributed by atoms with Crippen molar-refractivity contribution in [2.45, 2.75) is 33.1 Å². The average molecular weight is 555 g/mol. The molecule has 39 heavy (non-hydrogen) atoms. The predicted octanol–water partition coefficient (Wildman–Crippen LogP) is 7.07. The summed E-state index contributed by atoms with van der Waals surface area (Å²) in [4.78, 5) is 21.9. The molecule has 4 aromatic rings. The number of carboxylic acid groups (broad SMARTS) is 1. The van der Waals surface area contributed by atoms with Crippen LogP contribution in [0.4, 0.5) is 13.2 Å². The Labute approximate surface area is 227 Å². The Hall–Kier alpha value is -4.18. The highest BCUT2D eigenvalue weighted by molar-refractivity contribution is 7.15. The monoisotopic (exact) mass is 554 g/mol. The van der Waals surface area contributed by atoms with Gasteiger partial charge in [0.15, 0.2) is 13.2 Å². The van der Waals surface area contributed by atoms with Crippen molar-refractivity contribution >= 4 is 23.0 Å². The summed E-state index contributed by atoms with van der Waals surface area (Å²) in [7, 11) is 0. The molecule has 1 N–H and O–H groups in total. The minimum Gasteiger partial charge on any atom is -0.482 e. The van der Waals surface area contributed by atoms with E-state index in [-0.39, 0.29) is 6.61 Å². The molecular weight excluding hydrogens is 529 g/mol. The van der Waals surface area contributed by atoms with E-state index in [4.69, 9.17) is 14.7 Å². The Balaban J connectivity index is 1.53. The van der Waals surface area contributed by atoms with E-state index in [9.17, 15) is 18.0 Å². The summed E-state index contributed by atoms with van der Waals surface area (Å²) in [5, 5.41) is 13.9. The number of hydrogen-bond donors (Lipinski definition) is 1. The van der Waals surface area contributed by atoms with Gasteiger partial charge in [-0.1, -0.05) is 47.6 Å². The summed E-state index contributed by atoms with van der Waals surface area (Å²) < 4.78 is 44.0. The van der Waals surface area contributed by atoms with Gasteiger partial charge in [-0.3, -0.25) is 0 Å². The molecule has 0 radical (unpaired) electrons. The first kappa shape index (κ1) is 27.8. The van der Waals surface area contributed by atoms with Gasteiger partial charge in [0.05, 0.1) is 21.8 Å². The van der Waals surface area contributed by atoms with Crippen LogP contribution in [0.1, 0.15) is 32.8 Å². The van der Waals surface area contributed by atoms with Crippen molar-refractivity contribution in [3.63, 3.8) is 0 Å². The summed E-state index contributed by atoms with van der Waals surface area (Å²) in [5.41, 5.74) is 3.85. The van der Waals surface area contributed by atoms with Gasteiger partial charge >= 0.3 is 12.1 Å². The Morgan fingerprint density at radius 3 is 2.38 bits per heavy atom. The Bertz CT molecular complexity index is 1470. The number of oxime groups is 1. The van der Waals surface area contributed by atoms with E-state index in [0.29, 0.717) is 34.1 Å². The molecule has 0 atom stereocenters. The van der Waals surface area contributed by atoms with E-state index in [1.54, 1.807) is 12.1 Å². The van der Waals surface area contributed by atoms with Crippen LogP contribution < -0.4 is 4.74 Å². The maximum atomic E-state index is 12.9. The van der Waals surface area contributed by atoms with Gasteiger partial charge in [0, 0.05) is 17.5 Å². The molecule has 0 aliphatic heterocycles. The summed E-state index contributed by atoms with van der Waals surface area (Å²) in [6, 6.07) is 20.0. The van der Waals surface area contributed by atoms with Crippen LogP contribution in [-0.2, 0) is 28.8 Å². The van der Waals surface area contributed by atoms with Crippen LogP contribution in [0.25, 0.3) is 10.6 Å². The van der Waals surface area contributed by atoms with Crippen LogP contribution in [0.2, 0.25) is 0 Å². The van der Waals surface area contributed by atoms with E-state index in [2.05, 4.69) is 10.1 Å². The zero-order valence-electron chi connectivity index (χ0n) is 21.2. The maximum Gasteiger partial charge on any atom is 0.416 e. The molecular formula is C29H25F3N2O4S. The Morgan fingerprint density at radius 2 is 1.74 bits per heavy atom. The molecule has 0 bridgehead atoms. The van der Waals surface area contributed by atoms with Crippen molar-refractivity contribution < 1.29 is 32.6 Å². The minimum absolute atomic E-state index is 0.140. The number of alkyl halides is 3. The number of carboxylic acids is 1. The third kappa shape index (κ3) is 7.44. The van der Waals surface area contributed by atoms with Crippen molar-refractivity contribution in [3.8, 4) is 16.3 Å². The van der Waals surface area contributed by atoms with E-state index in [0.717, 1.165) is 33.7 Å². The van der Waals surface area contributed by atoms with Crippen LogP contribution in [0.3, 0.4) is 0 Å². The van der Waals surface area contributed by atoms with Crippen LogP contribution >= 0.6 is 11.3 Å². The van der Waals surface area contributed by atoms with Gasteiger partial charge in [0.25, 0.3) is 0 Å². The van der Waals surface area contributed by atoms with Crippen molar-refractivity contribution in [2.24, 2.45) is 5.16 Å². The molecule has 6 nitrogen and oxygen atoms in total. The van der Waals surface area contributed by atoms with E-state index in [1.807, 2.05) is 50.2 Å². The van der Waals surface area contributed by atoms with Gasteiger partial charge in [-0.05, 0) is 55.3 Å². The number of hydrogen-bond acceptors (Lipinski definition) is 6. The SMILES string of the molecule is Cc1cc(/C(Cc2ccccc2)=N/OCc2sc(-c3ccc(C(F)(F)F)cc3)nc2C)ccc1OCC(=O)O. The van der Waals surface area contributed by atoms with Gasteiger partial charge < -0.3 is 14.7 Å². The van der Waals surface area contributed by atoms with Crippen LogP contribution in [-0.4, -0.2) is 28.4 Å². The second-order valence-corrected chi connectivity index (χ2v) is 9.82. The van der Waals surface area contributed by atoms with E-state index in [1.165, 1.54) is 23.5 Å². The van der Waals surface area contributed by atoms with Crippen LogP contribution in [0.5, 0.6) is 5.75 Å². The lowest BCUT2D eigenvalue weighted by molar-refractivity contribution is -0.139. The fraction of sp³-hybridized carbons (Fsp3) is 0.207. The smallest absolute Gasteiger partial charge is 0.416 e. The molecule has 0 aliphatic rings. The summed E-state index contributed by atoms with van der Waals surface area (Å²) in [5.74, 6) is -0.588. The minimum atomic E-state index is -4.39. The third-order valence-electron chi connectivity index (χ3n) is 5.80. The number of aromatic nitrogens is 1. The summed E-state index contributed by atoms with van der Waals surface area (Å²) in [6.45, 7) is 3.35. The first-order chi connectivity index (χ1) is 18.6. The number of halogens is 3. The van der Waals surface area contributed by atoms with Crippen molar-refractivity contribution in [3.05, 3.63) is 106 Å². The highest BCUT2D eigenvalue weighted by Crippen LogP contribution is 2.33. The Morgan fingerprint density at radius 1 is 1.03 bits per heavy atom. The number of thiazole rings is 1. The van der Waals surface area contributed by atoms with Crippen molar-refractivity contribution in [2.75, 3.05) is 6.61 Å². The normalized spacial score (nSPS) is 11.9. The first-order valence-corrected chi connectivity index (χ1v) is 12.7. The molecule has 10 heteroatoms. The lowest BCUT2D eigenvalue weighted by Gasteiger charge is -2.11. The molecule has 4 rings (SSSR count). The molecule has 1 heterocycles. The lowest BCUT2D eigenvalue weighted by atomic mass is 10.0. The Kier molecular flexibility index (Phi) is 8.65. The fourth-order valence-corrected chi connectivity index (χ4v) is 4.74. The summed E-state index contributed by atoms with van der Waals surface area (Å²) in [6.07, 6.45) is -3.90. The molecule has 3 aromatic carbocycles. The molecule has 0 spiro atoms. The molecule has 0 aliphatic carbocycles. The van der Waals surface area contributed by atoms with Gasteiger partial charge in [0.2, 0.25) is 0 Å².